The molecule has 1 fully saturated rings. The monoisotopic (exact) mass is 204 g/mol. The Morgan fingerprint density at radius 2 is 2.14 bits per heavy atom. The van der Waals surface area contributed by atoms with E-state index in [9.17, 15) is 0 Å². The van der Waals surface area contributed by atoms with Crippen LogP contribution in [-0.2, 0) is 6.54 Å². The molecule has 0 atom stereocenters. The molecule has 2 heteroatoms. The number of aromatic nitrogens is 1. The molecule has 0 spiro atoms. The van der Waals surface area contributed by atoms with Gasteiger partial charge < -0.3 is 0 Å². The van der Waals surface area contributed by atoms with Crippen molar-refractivity contribution >= 4 is 21.6 Å². The molecule has 1 aromatic carbocycles. The SMILES string of the molecule is Cc1sc2ccccc2[n+]1CC1CC1. The van der Waals surface area contributed by atoms with Gasteiger partial charge in [-0.05, 0) is 18.9 Å². The molecule has 1 heterocycles. The van der Waals surface area contributed by atoms with Crippen molar-refractivity contribution in [2.75, 3.05) is 0 Å². The van der Waals surface area contributed by atoms with E-state index in [0.29, 0.717) is 0 Å². The summed E-state index contributed by atoms with van der Waals surface area (Å²) in [7, 11) is 0. The van der Waals surface area contributed by atoms with Crippen molar-refractivity contribution in [3.63, 3.8) is 0 Å². The van der Waals surface area contributed by atoms with Gasteiger partial charge in [0, 0.05) is 18.9 Å². The van der Waals surface area contributed by atoms with Crippen LogP contribution in [0.2, 0.25) is 0 Å². The first-order valence-electron chi connectivity index (χ1n) is 5.22. The van der Waals surface area contributed by atoms with E-state index in [4.69, 9.17) is 0 Å². The fraction of sp³-hybridized carbons (Fsp3) is 0.417. The highest BCUT2D eigenvalue weighted by Crippen LogP contribution is 2.30. The molecule has 2 aromatic rings. The van der Waals surface area contributed by atoms with Crippen LogP contribution >= 0.6 is 11.3 Å². The molecule has 3 rings (SSSR count). The van der Waals surface area contributed by atoms with Gasteiger partial charge in [0.05, 0.1) is 0 Å². The summed E-state index contributed by atoms with van der Waals surface area (Å²) in [5, 5.41) is 1.44. The molecular formula is C12H14NS+. The summed E-state index contributed by atoms with van der Waals surface area (Å²) in [4.78, 5) is 0. The molecule has 0 radical (unpaired) electrons. The van der Waals surface area contributed by atoms with Gasteiger partial charge in [-0.3, -0.25) is 0 Å². The second kappa shape index (κ2) is 3.06. The number of benzene rings is 1. The maximum Gasteiger partial charge on any atom is 0.235 e. The number of fused-ring (bicyclic) bond motifs is 1. The summed E-state index contributed by atoms with van der Waals surface area (Å²) in [5.41, 5.74) is 1.42. The fourth-order valence-corrected chi connectivity index (χ4v) is 2.97. The van der Waals surface area contributed by atoms with Crippen LogP contribution in [0.3, 0.4) is 0 Å². The van der Waals surface area contributed by atoms with Crippen molar-refractivity contribution in [1.82, 2.24) is 0 Å². The van der Waals surface area contributed by atoms with Crippen molar-refractivity contribution in [2.24, 2.45) is 5.92 Å². The van der Waals surface area contributed by atoms with Crippen LogP contribution in [-0.4, -0.2) is 0 Å². The number of rotatable bonds is 2. The first-order valence-corrected chi connectivity index (χ1v) is 6.04. The summed E-state index contributed by atoms with van der Waals surface area (Å²) < 4.78 is 3.91. The summed E-state index contributed by atoms with van der Waals surface area (Å²) in [6.07, 6.45) is 2.85. The lowest BCUT2D eigenvalue weighted by atomic mass is 10.3. The van der Waals surface area contributed by atoms with E-state index in [1.54, 1.807) is 0 Å². The molecule has 0 bridgehead atoms. The van der Waals surface area contributed by atoms with Gasteiger partial charge in [0.1, 0.15) is 4.70 Å². The molecule has 1 aromatic heterocycles. The van der Waals surface area contributed by atoms with E-state index in [0.717, 1.165) is 5.92 Å². The number of para-hydroxylation sites is 1. The zero-order chi connectivity index (χ0) is 9.54. The molecule has 72 valence electrons. The van der Waals surface area contributed by atoms with E-state index in [-0.39, 0.29) is 0 Å². The van der Waals surface area contributed by atoms with Gasteiger partial charge in [0.25, 0.3) is 0 Å². The maximum absolute atomic E-state index is 2.48. The smallest absolute Gasteiger partial charge is 0.186 e. The highest BCUT2D eigenvalue weighted by Gasteiger charge is 2.29. The van der Waals surface area contributed by atoms with Crippen LogP contribution in [0.25, 0.3) is 10.2 Å². The van der Waals surface area contributed by atoms with Crippen LogP contribution in [0.4, 0.5) is 0 Å². The third-order valence-corrected chi connectivity index (χ3v) is 4.01. The Labute approximate surface area is 88.0 Å². The molecule has 0 saturated heterocycles. The standard InChI is InChI=1S/C12H14NS/c1-9-13(8-10-6-7-10)11-4-2-3-5-12(11)14-9/h2-5,10H,6-8H2,1H3/q+1. The van der Waals surface area contributed by atoms with Crippen LogP contribution in [0.5, 0.6) is 0 Å². The van der Waals surface area contributed by atoms with Gasteiger partial charge in [-0.15, -0.1) is 0 Å². The van der Waals surface area contributed by atoms with E-state index in [1.807, 2.05) is 11.3 Å². The molecule has 1 nitrogen and oxygen atoms in total. The fourth-order valence-electron chi connectivity index (χ4n) is 1.94. The van der Waals surface area contributed by atoms with Gasteiger partial charge >= 0.3 is 0 Å². The highest BCUT2D eigenvalue weighted by atomic mass is 32.1. The molecule has 14 heavy (non-hydrogen) atoms. The lowest BCUT2D eigenvalue weighted by Gasteiger charge is -1.93. The third kappa shape index (κ3) is 1.34. The number of hydrogen-bond donors (Lipinski definition) is 0. The zero-order valence-corrected chi connectivity index (χ0v) is 9.18. The minimum Gasteiger partial charge on any atom is -0.186 e. The predicted molar refractivity (Wildman–Crippen MR) is 59.5 cm³/mol. The zero-order valence-electron chi connectivity index (χ0n) is 8.36. The minimum absolute atomic E-state index is 0.955. The van der Waals surface area contributed by atoms with Crippen molar-refractivity contribution in [3.8, 4) is 0 Å². The van der Waals surface area contributed by atoms with Gasteiger partial charge in [-0.2, -0.15) is 4.57 Å². The van der Waals surface area contributed by atoms with Crippen LogP contribution in [0, 0.1) is 12.8 Å². The molecular weight excluding hydrogens is 190 g/mol. The molecule has 0 aliphatic heterocycles. The first kappa shape index (κ1) is 8.42. The Bertz CT molecular complexity index is 468. The summed E-state index contributed by atoms with van der Waals surface area (Å²) in [5.74, 6) is 0.955. The van der Waals surface area contributed by atoms with E-state index >= 15 is 0 Å². The van der Waals surface area contributed by atoms with Crippen LogP contribution < -0.4 is 4.57 Å². The normalized spacial score (nSPS) is 16.4. The Hall–Kier alpha value is -0.890. The van der Waals surface area contributed by atoms with Crippen molar-refractivity contribution < 1.29 is 4.57 Å². The number of hydrogen-bond acceptors (Lipinski definition) is 1. The topological polar surface area (TPSA) is 3.88 Å². The second-order valence-electron chi connectivity index (χ2n) is 4.14. The number of thiazole rings is 1. The lowest BCUT2D eigenvalue weighted by molar-refractivity contribution is -0.676. The Balaban J connectivity index is 2.13. The van der Waals surface area contributed by atoms with Gasteiger partial charge in [0.15, 0.2) is 6.54 Å². The largest absolute Gasteiger partial charge is 0.235 e. The molecule has 1 aliphatic carbocycles. The van der Waals surface area contributed by atoms with Gasteiger partial charge in [0.2, 0.25) is 10.5 Å². The molecule has 0 unspecified atom stereocenters. The lowest BCUT2D eigenvalue weighted by Crippen LogP contribution is -2.35. The Kier molecular flexibility index (Phi) is 1.84. The number of nitrogens with zero attached hydrogens (tertiary/aromatic N) is 1. The number of aryl methyl sites for hydroxylation is 1. The summed E-state index contributed by atoms with van der Waals surface area (Å²) >= 11 is 1.91. The summed E-state index contributed by atoms with van der Waals surface area (Å²) in [6, 6.07) is 8.72. The quantitative estimate of drug-likeness (QED) is 0.662. The third-order valence-electron chi connectivity index (χ3n) is 2.93. The van der Waals surface area contributed by atoms with Crippen molar-refractivity contribution in [2.45, 2.75) is 26.3 Å². The van der Waals surface area contributed by atoms with E-state index < -0.39 is 0 Å². The first-order chi connectivity index (χ1) is 6.84. The van der Waals surface area contributed by atoms with Crippen LogP contribution in [0.1, 0.15) is 17.8 Å². The molecule has 0 N–H and O–H groups in total. The Morgan fingerprint density at radius 1 is 1.36 bits per heavy atom. The predicted octanol–water partition coefficient (Wildman–Crippen LogP) is 2.91. The average molecular weight is 204 g/mol. The van der Waals surface area contributed by atoms with Crippen LogP contribution in [0.15, 0.2) is 24.3 Å². The molecule has 0 amide bonds. The maximum atomic E-state index is 2.48. The molecule has 1 saturated carbocycles. The molecule has 1 aliphatic rings. The van der Waals surface area contributed by atoms with Crippen molar-refractivity contribution in [1.29, 1.82) is 0 Å². The van der Waals surface area contributed by atoms with Gasteiger partial charge in [-0.1, -0.05) is 23.5 Å². The van der Waals surface area contributed by atoms with E-state index in [2.05, 4.69) is 35.8 Å². The average Bonchev–Trinajstić information content (AvgIpc) is 2.93. The minimum atomic E-state index is 0.955. The van der Waals surface area contributed by atoms with E-state index in [1.165, 1.54) is 34.6 Å². The summed E-state index contributed by atoms with van der Waals surface area (Å²) in [6.45, 7) is 3.46. The Morgan fingerprint density at radius 3 is 2.93 bits per heavy atom. The van der Waals surface area contributed by atoms with Gasteiger partial charge in [-0.25, -0.2) is 0 Å². The van der Waals surface area contributed by atoms with Crippen molar-refractivity contribution in [3.05, 3.63) is 29.3 Å². The highest BCUT2D eigenvalue weighted by molar-refractivity contribution is 7.18. The second-order valence-corrected chi connectivity index (χ2v) is 5.38.